The van der Waals surface area contributed by atoms with Crippen LogP contribution in [0.5, 0.6) is 0 Å². The zero-order valence-corrected chi connectivity index (χ0v) is 8.00. The lowest BCUT2D eigenvalue weighted by Gasteiger charge is -1.97. The molecule has 0 aliphatic carbocycles. The molecule has 7 nitrogen and oxygen atoms in total. The quantitative estimate of drug-likeness (QED) is 0.738. The molecule has 0 atom stereocenters. The second-order valence-corrected chi connectivity index (χ2v) is 3.26. The number of aromatic nitrogens is 5. The molecule has 0 bridgehead atoms. The lowest BCUT2D eigenvalue weighted by atomic mass is 10.2. The van der Waals surface area contributed by atoms with E-state index < -0.39 is 0 Å². The van der Waals surface area contributed by atoms with Crippen molar-refractivity contribution in [3.8, 4) is 0 Å². The van der Waals surface area contributed by atoms with E-state index in [1.54, 1.807) is 6.92 Å². The molecule has 14 heavy (non-hydrogen) atoms. The number of hydrogen-bond donors (Lipinski definition) is 2. The highest BCUT2D eigenvalue weighted by molar-refractivity contribution is 7.09. The van der Waals surface area contributed by atoms with Gasteiger partial charge in [0, 0.05) is 17.2 Å². The van der Waals surface area contributed by atoms with E-state index in [-0.39, 0.29) is 5.91 Å². The van der Waals surface area contributed by atoms with E-state index in [2.05, 4.69) is 30.3 Å². The third kappa shape index (κ3) is 1.59. The largest absolute Gasteiger partial charge is 0.295 e. The van der Waals surface area contributed by atoms with E-state index in [1.165, 1.54) is 6.20 Å². The van der Waals surface area contributed by atoms with Crippen LogP contribution in [0.25, 0.3) is 0 Å². The number of rotatable bonds is 2. The molecule has 0 aliphatic heterocycles. The summed E-state index contributed by atoms with van der Waals surface area (Å²) >= 11 is 1.02. The SMILES string of the molecule is Cc1[nH]ncc1C(=O)Nc1nnns1. The summed E-state index contributed by atoms with van der Waals surface area (Å²) in [6.45, 7) is 1.76. The standard InChI is InChI=1S/C6H6N6OS/c1-3-4(2-7-9-3)5(13)8-6-10-11-12-14-6/h2H,1H3,(H,7,9)(H,8,10,12,13). The van der Waals surface area contributed by atoms with Crippen molar-refractivity contribution in [2.75, 3.05) is 5.32 Å². The van der Waals surface area contributed by atoms with Crippen LogP contribution in [0.3, 0.4) is 0 Å². The molecule has 0 spiro atoms. The van der Waals surface area contributed by atoms with E-state index in [0.29, 0.717) is 16.4 Å². The van der Waals surface area contributed by atoms with Crippen LogP contribution in [0.4, 0.5) is 5.13 Å². The van der Waals surface area contributed by atoms with Crippen molar-refractivity contribution >= 4 is 22.6 Å². The molecule has 72 valence electrons. The molecule has 2 aromatic rings. The number of carbonyl (C=O) groups excluding carboxylic acids is 1. The third-order valence-corrected chi connectivity index (χ3v) is 2.11. The van der Waals surface area contributed by atoms with Gasteiger partial charge in [0.05, 0.1) is 11.8 Å². The summed E-state index contributed by atoms with van der Waals surface area (Å²) in [5.41, 5.74) is 1.19. The van der Waals surface area contributed by atoms with Crippen molar-refractivity contribution in [3.63, 3.8) is 0 Å². The van der Waals surface area contributed by atoms with Crippen LogP contribution < -0.4 is 5.32 Å². The highest BCUT2D eigenvalue weighted by atomic mass is 32.1. The highest BCUT2D eigenvalue weighted by Gasteiger charge is 2.12. The van der Waals surface area contributed by atoms with E-state index in [9.17, 15) is 4.79 Å². The van der Waals surface area contributed by atoms with Gasteiger partial charge in [0.25, 0.3) is 5.91 Å². The van der Waals surface area contributed by atoms with Gasteiger partial charge in [-0.3, -0.25) is 15.2 Å². The Balaban J connectivity index is 2.14. The number of carbonyl (C=O) groups is 1. The zero-order chi connectivity index (χ0) is 9.97. The Morgan fingerprint density at radius 1 is 1.64 bits per heavy atom. The number of aryl methyl sites for hydroxylation is 1. The molecule has 0 radical (unpaired) electrons. The van der Waals surface area contributed by atoms with E-state index in [1.807, 2.05) is 0 Å². The smallest absolute Gasteiger partial charge is 0.260 e. The van der Waals surface area contributed by atoms with Crippen molar-refractivity contribution in [2.24, 2.45) is 0 Å². The predicted octanol–water partition coefficient (Wildman–Crippen LogP) is 0.217. The Morgan fingerprint density at radius 2 is 2.50 bits per heavy atom. The van der Waals surface area contributed by atoms with Crippen molar-refractivity contribution in [3.05, 3.63) is 17.5 Å². The molecular weight excluding hydrogens is 204 g/mol. The minimum atomic E-state index is -0.269. The normalized spacial score (nSPS) is 10.1. The predicted molar refractivity (Wildman–Crippen MR) is 49.0 cm³/mol. The molecular formula is C6H6N6OS. The Bertz CT molecular complexity index is 435. The van der Waals surface area contributed by atoms with Gasteiger partial charge in [-0.25, -0.2) is 0 Å². The van der Waals surface area contributed by atoms with Crippen LogP contribution in [0.15, 0.2) is 6.20 Å². The van der Waals surface area contributed by atoms with Gasteiger partial charge in [-0.05, 0) is 12.1 Å². The summed E-state index contributed by atoms with van der Waals surface area (Å²) in [5.74, 6) is -0.269. The molecule has 0 saturated carbocycles. The minimum Gasteiger partial charge on any atom is -0.295 e. The molecule has 0 aliphatic rings. The van der Waals surface area contributed by atoms with Crippen LogP contribution in [-0.2, 0) is 0 Å². The van der Waals surface area contributed by atoms with Crippen LogP contribution in [0.2, 0.25) is 0 Å². The van der Waals surface area contributed by atoms with Crippen molar-refractivity contribution in [1.29, 1.82) is 0 Å². The first-order valence-corrected chi connectivity index (χ1v) is 4.51. The zero-order valence-electron chi connectivity index (χ0n) is 7.18. The first-order chi connectivity index (χ1) is 6.77. The molecule has 0 saturated heterocycles. The topological polar surface area (TPSA) is 96.5 Å². The number of nitrogens with one attached hydrogen (secondary N) is 2. The molecule has 0 unspecified atom stereocenters. The molecule has 2 rings (SSSR count). The van der Waals surface area contributed by atoms with Crippen molar-refractivity contribution < 1.29 is 4.79 Å². The molecule has 0 fully saturated rings. The van der Waals surface area contributed by atoms with Gasteiger partial charge in [-0.15, -0.1) is 0 Å². The molecule has 2 aromatic heterocycles. The number of aromatic amines is 1. The van der Waals surface area contributed by atoms with Crippen LogP contribution in [0, 0.1) is 6.92 Å². The number of amides is 1. The lowest BCUT2D eigenvalue weighted by Crippen LogP contribution is -2.12. The fraction of sp³-hybridized carbons (Fsp3) is 0.167. The highest BCUT2D eigenvalue weighted by Crippen LogP contribution is 2.09. The minimum absolute atomic E-state index is 0.269. The first kappa shape index (κ1) is 8.75. The van der Waals surface area contributed by atoms with Crippen LogP contribution >= 0.6 is 11.5 Å². The Hall–Kier alpha value is -1.83. The van der Waals surface area contributed by atoms with E-state index in [4.69, 9.17) is 0 Å². The second-order valence-electron chi connectivity index (χ2n) is 2.53. The monoisotopic (exact) mass is 210 g/mol. The maximum Gasteiger partial charge on any atom is 0.260 e. The molecule has 8 heteroatoms. The van der Waals surface area contributed by atoms with Gasteiger partial charge in [-0.1, -0.05) is 9.59 Å². The second kappa shape index (κ2) is 3.50. The Morgan fingerprint density at radius 3 is 3.07 bits per heavy atom. The van der Waals surface area contributed by atoms with Gasteiger partial charge < -0.3 is 0 Å². The number of anilines is 1. The fourth-order valence-electron chi connectivity index (χ4n) is 0.926. The molecule has 1 amide bonds. The summed E-state index contributed by atoms with van der Waals surface area (Å²) in [4.78, 5) is 11.5. The van der Waals surface area contributed by atoms with Gasteiger partial charge >= 0.3 is 0 Å². The average molecular weight is 210 g/mol. The molecule has 2 N–H and O–H groups in total. The molecule has 0 aromatic carbocycles. The first-order valence-electron chi connectivity index (χ1n) is 3.73. The lowest BCUT2D eigenvalue weighted by molar-refractivity contribution is 0.102. The van der Waals surface area contributed by atoms with Crippen molar-refractivity contribution in [1.82, 2.24) is 25.0 Å². The summed E-state index contributed by atoms with van der Waals surface area (Å²) in [6.07, 6.45) is 1.46. The summed E-state index contributed by atoms with van der Waals surface area (Å²) in [6, 6.07) is 0. The Labute approximate surface area is 82.7 Å². The van der Waals surface area contributed by atoms with E-state index in [0.717, 1.165) is 11.5 Å². The van der Waals surface area contributed by atoms with Crippen molar-refractivity contribution in [2.45, 2.75) is 6.92 Å². The third-order valence-electron chi connectivity index (χ3n) is 1.59. The van der Waals surface area contributed by atoms with Gasteiger partial charge in [0.15, 0.2) is 0 Å². The average Bonchev–Trinajstić information content (AvgIpc) is 2.75. The van der Waals surface area contributed by atoms with E-state index >= 15 is 0 Å². The summed E-state index contributed by atoms with van der Waals surface area (Å²) in [7, 11) is 0. The maximum atomic E-state index is 11.5. The Kier molecular flexibility index (Phi) is 2.19. The number of nitrogens with zero attached hydrogens (tertiary/aromatic N) is 4. The van der Waals surface area contributed by atoms with Crippen LogP contribution in [-0.4, -0.2) is 30.9 Å². The maximum absolute atomic E-state index is 11.5. The van der Waals surface area contributed by atoms with Gasteiger partial charge in [-0.2, -0.15) is 5.10 Å². The van der Waals surface area contributed by atoms with Crippen LogP contribution in [0.1, 0.15) is 16.1 Å². The summed E-state index contributed by atoms with van der Waals surface area (Å²) < 4.78 is 3.52. The summed E-state index contributed by atoms with van der Waals surface area (Å²) in [5, 5.41) is 16.3. The number of H-pyrrole nitrogens is 1. The fourth-order valence-corrected chi connectivity index (χ4v) is 1.29. The van der Waals surface area contributed by atoms with Gasteiger partial charge in [0.2, 0.25) is 5.13 Å². The molecule has 2 heterocycles. The number of hydrogen-bond acceptors (Lipinski definition) is 6. The van der Waals surface area contributed by atoms with Gasteiger partial charge in [0.1, 0.15) is 0 Å².